The van der Waals surface area contributed by atoms with Crippen LogP contribution in [0, 0.1) is 0 Å². The van der Waals surface area contributed by atoms with Crippen LogP contribution in [0.4, 0.5) is 5.69 Å². The zero-order valence-electron chi connectivity index (χ0n) is 11.4. The molecule has 0 bridgehead atoms. The van der Waals surface area contributed by atoms with Crippen molar-refractivity contribution in [3.05, 3.63) is 29.3 Å². The summed E-state index contributed by atoms with van der Waals surface area (Å²) in [5.41, 5.74) is 3.93. The third kappa shape index (κ3) is 3.03. The van der Waals surface area contributed by atoms with Gasteiger partial charge in [0.2, 0.25) is 5.91 Å². The predicted octanol–water partition coefficient (Wildman–Crippen LogP) is 2.50. The maximum absolute atomic E-state index is 11.8. The third-order valence-corrected chi connectivity index (χ3v) is 3.31. The molecule has 0 heterocycles. The number of aryl methyl sites for hydroxylation is 2. The normalized spacial score (nSPS) is 15.3. The molecule has 1 aromatic rings. The van der Waals surface area contributed by atoms with Crippen LogP contribution in [0.2, 0.25) is 0 Å². The van der Waals surface area contributed by atoms with Gasteiger partial charge < -0.3 is 10.6 Å². The molecule has 3 heteroatoms. The van der Waals surface area contributed by atoms with Gasteiger partial charge in [-0.05, 0) is 63.3 Å². The van der Waals surface area contributed by atoms with Gasteiger partial charge in [0.25, 0.3) is 0 Å². The number of carbonyl (C=O) groups excluding carboxylic acids is 1. The van der Waals surface area contributed by atoms with Gasteiger partial charge in [-0.25, -0.2) is 0 Å². The summed E-state index contributed by atoms with van der Waals surface area (Å²) in [6.07, 6.45) is 3.61. The molecule has 98 valence electrons. The molecular weight excluding hydrogens is 224 g/mol. The van der Waals surface area contributed by atoms with E-state index >= 15 is 0 Å². The van der Waals surface area contributed by atoms with Crippen LogP contribution in [-0.4, -0.2) is 18.0 Å². The van der Waals surface area contributed by atoms with Crippen LogP contribution in [0.25, 0.3) is 0 Å². The number of hydrogen-bond acceptors (Lipinski definition) is 2. The number of fused-ring (bicyclic) bond motifs is 1. The molecule has 0 radical (unpaired) electrons. The van der Waals surface area contributed by atoms with Gasteiger partial charge in [0.05, 0.1) is 0 Å². The summed E-state index contributed by atoms with van der Waals surface area (Å²) in [7, 11) is 0. The van der Waals surface area contributed by atoms with Gasteiger partial charge in [-0.3, -0.25) is 4.79 Å². The summed E-state index contributed by atoms with van der Waals surface area (Å²) >= 11 is 0. The molecule has 2 rings (SSSR count). The van der Waals surface area contributed by atoms with Crippen molar-refractivity contribution in [3.8, 4) is 0 Å². The number of amides is 1. The number of nitrogens with one attached hydrogen (secondary N) is 2. The molecule has 0 saturated heterocycles. The fourth-order valence-electron chi connectivity index (χ4n) is 2.39. The first kappa shape index (κ1) is 12.9. The van der Waals surface area contributed by atoms with E-state index in [1.807, 2.05) is 20.8 Å². The maximum atomic E-state index is 11.8. The van der Waals surface area contributed by atoms with Crippen molar-refractivity contribution in [2.75, 3.05) is 5.32 Å². The zero-order valence-corrected chi connectivity index (χ0v) is 11.4. The fraction of sp³-hybridized carbons (Fsp3) is 0.533. The van der Waals surface area contributed by atoms with Gasteiger partial charge in [0, 0.05) is 11.7 Å². The molecule has 1 unspecified atom stereocenters. The second kappa shape index (κ2) is 5.42. The summed E-state index contributed by atoms with van der Waals surface area (Å²) in [5.74, 6) is 0.0468. The van der Waals surface area contributed by atoms with E-state index in [0.29, 0.717) is 0 Å². The van der Waals surface area contributed by atoms with Crippen LogP contribution >= 0.6 is 0 Å². The van der Waals surface area contributed by atoms with Crippen LogP contribution in [0.3, 0.4) is 0 Å². The average Bonchev–Trinajstić information content (AvgIpc) is 2.75. The number of carbonyl (C=O) groups is 1. The summed E-state index contributed by atoms with van der Waals surface area (Å²) in [6.45, 7) is 5.84. The molecule has 1 atom stereocenters. The molecule has 18 heavy (non-hydrogen) atoms. The number of rotatable bonds is 4. The van der Waals surface area contributed by atoms with Gasteiger partial charge in [-0.1, -0.05) is 6.07 Å². The minimum Gasteiger partial charge on any atom is -0.374 e. The summed E-state index contributed by atoms with van der Waals surface area (Å²) in [6, 6.07) is 6.41. The molecule has 1 aliphatic rings. The monoisotopic (exact) mass is 246 g/mol. The number of anilines is 1. The zero-order chi connectivity index (χ0) is 13.1. The molecule has 2 N–H and O–H groups in total. The quantitative estimate of drug-likeness (QED) is 0.857. The lowest BCUT2D eigenvalue weighted by molar-refractivity contribution is -0.122. The summed E-state index contributed by atoms with van der Waals surface area (Å²) < 4.78 is 0. The SMILES string of the molecule is CC(C)NC(=O)C(C)Nc1ccc2c(c1)CCC2. The number of benzene rings is 1. The van der Waals surface area contributed by atoms with Crippen LogP contribution in [0.15, 0.2) is 18.2 Å². The molecule has 0 fully saturated rings. The van der Waals surface area contributed by atoms with E-state index in [9.17, 15) is 4.79 Å². The van der Waals surface area contributed by atoms with E-state index in [1.54, 1.807) is 0 Å². The highest BCUT2D eigenvalue weighted by Gasteiger charge is 2.15. The Balaban J connectivity index is 1.99. The molecule has 0 aromatic heterocycles. The second-order valence-electron chi connectivity index (χ2n) is 5.37. The van der Waals surface area contributed by atoms with Crippen LogP contribution in [-0.2, 0) is 17.6 Å². The van der Waals surface area contributed by atoms with E-state index in [4.69, 9.17) is 0 Å². The highest BCUT2D eigenvalue weighted by molar-refractivity contribution is 5.84. The number of hydrogen-bond donors (Lipinski definition) is 2. The van der Waals surface area contributed by atoms with Crippen molar-refractivity contribution in [1.82, 2.24) is 5.32 Å². The highest BCUT2D eigenvalue weighted by atomic mass is 16.2. The van der Waals surface area contributed by atoms with Gasteiger partial charge >= 0.3 is 0 Å². The lowest BCUT2D eigenvalue weighted by Crippen LogP contribution is -2.40. The topological polar surface area (TPSA) is 41.1 Å². The second-order valence-corrected chi connectivity index (χ2v) is 5.37. The fourth-order valence-corrected chi connectivity index (χ4v) is 2.39. The van der Waals surface area contributed by atoms with Crippen molar-refractivity contribution < 1.29 is 4.79 Å². The predicted molar refractivity (Wildman–Crippen MR) is 74.8 cm³/mol. The van der Waals surface area contributed by atoms with E-state index < -0.39 is 0 Å². The minimum atomic E-state index is -0.202. The first-order chi connectivity index (χ1) is 8.56. The largest absolute Gasteiger partial charge is 0.374 e. The Morgan fingerprint density at radius 2 is 1.89 bits per heavy atom. The van der Waals surface area contributed by atoms with E-state index in [-0.39, 0.29) is 18.0 Å². The Hall–Kier alpha value is -1.51. The lowest BCUT2D eigenvalue weighted by Gasteiger charge is -2.17. The third-order valence-electron chi connectivity index (χ3n) is 3.31. The van der Waals surface area contributed by atoms with Crippen molar-refractivity contribution in [2.45, 2.75) is 52.1 Å². The van der Waals surface area contributed by atoms with Gasteiger partial charge in [0.15, 0.2) is 0 Å². The maximum Gasteiger partial charge on any atom is 0.242 e. The average molecular weight is 246 g/mol. The van der Waals surface area contributed by atoms with Crippen molar-refractivity contribution in [2.24, 2.45) is 0 Å². The van der Waals surface area contributed by atoms with E-state index in [0.717, 1.165) is 12.1 Å². The van der Waals surface area contributed by atoms with Crippen molar-refractivity contribution >= 4 is 11.6 Å². The minimum absolute atomic E-state index is 0.0468. The molecule has 0 spiro atoms. The molecule has 1 aromatic carbocycles. The summed E-state index contributed by atoms with van der Waals surface area (Å²) in [5, 5.41) is 6.18. The molecule has 1 amide bonds. The Morgan fingerprint density at radius 1 is 1.17 bits per heavy atom. The molecule has 3 nitrogen and oxygen atoms in total. The molecular formula is C15H22N2O. The Labute approximate surface area is 109 Å². The van der Waals surface area contributed by atoms with E-state index in [1.165, 1.54) is 24.0 Å². The van der Waals surface area contributed by atoms with Crippen molar-refractivity contribution in [3.63, 3.8) is 0 Å². The first-order valence-electron chi connectivity index (χ1n) is 6.75. The van der Waals surface area contributed by atoms with Gasteiger partial charge in [0.1, 0.15) is 6.04 Å². The first-order valence-corrected chi connectivity index (χ1v) is 6.75. The van der Waals surface area contributed by atoms with Crippen molar-refractivity contribution in [1.29, 1.82) is 0 Å². The van der Waals surface area contributed by atoms with Crippen LogP contribution in [0.5, 0.6) is 0 Å². The Kier molecular flexibility index (Phi) is 3.90. The lowest BCUT2D eigenvalue weighted by atomic mass is 10.1. The molecule has 0 aliphatic heterocycles. The highest BCUT2D eigenvalue weighted by Crippen LogP contribution is 2.25. The van der Waals surface area contributed by atoms with Crippen LogP contribution < -0.4 is 10.6 Å². The van der Waals surface area contributed by atoms with E-state index in [2.05, 4.69) is 28.8 Å². The van der Waals surface area contributed by atoms with Gasteiger partial charge in [-0.2, -0.15) is 0 Å². The molecule has 1 aliphatic carbocycles. The molecule has 0 saturated carbocycles. The standard InChI is InChI=1S/C15H22N2O/c1-10(2)16-15(18)11(3)17-14-8-7-12-5-4-6-13(12)9-14/h7-11,17H,4-6H2,1-3H3,(H,16,18). The Morgan fingerprint density at radius 3 is 2.61 bits per heavy atom. The smallest absolute Gasteiger partial charge is 0.242 e. The van der Waals surface area contributed by atoms with Crippen LogP contribution in [0.1, 0.15) is 38.3 Å². The van der Waals surface area contributed by atoms with Gasteiger partial charge in [-0.15, -0.1) is 0 Å². The summed E-state index contributed by atoms with van der Waals surface area (Å²) in [4.78, 5) is 11.8. The Bertz CT molecular complexity index is 440.